The van der Waals surface area contributed by atoms with Crippen LogP contribution in [0.4, 0.5) is 4.79 Å². The van der Waals surface area contributed by atoms with E-state index in [9.17, 15) is 9.59 Å². The first-order valence-electron chi connectivity index (χ1n) is 8.83. The van der Waals surface area contributed by atoms with E-state index in [1.54, 1.807) is 0 Å². The van der Waals surface area contributed by atoms with Crippen LogP contribution in [0.3, 0.4) is 0 Å². The van der Waals surface area contributed by atoms with E-state index in [0.29, 0.717) is 5.92 Å². The number of benzene rings is 1. The van der Waals surface area contributed by atoms with Crippen LogP contribution in [0.15, 0.2) is 42.5 Å². The number of hydrogen-bond donors (Lipinski definition) is 1. The normalized spacial score (nSPS) is 22.8. The van der Waals surface area contributed by atoms with Crippen LogP contribution in [0.5, 0.6) is 0 Å². The smallest absolute Gasteiger partial charge is 0.407 e. The maximum absolute atomic E-state index is 12.0. The molecule has 1 aromatic rings. The molecule has 1 N–H and O–H groups in total. The largest absolute Gasteiger partial charge is 0.445 e. The summed E-state index contributed by atoms with van der Waals surface area (Å²) in [6.07, 6.45) is 9.91. The van der Waals surface area contributed by atoms with E-state index in [-0.39, 0.29) is 18.6 Å². The Morgan fingerprint density at radius 3 is 2.79 bits per heavy atom. The number of rotatable bonds is 8. The van der Waals surface area contributed by atoms with Gasteiger partial charge in [0.1, 0.15) is 12.9 Å². The second-order valence-electron chi connectivity index (χ2n) is 6.37. The minimum Gasteiger partial charge on any atom is -0.445 e. The molecule has 0 saturated heterocycles. The third-order valence-corrected chi connectivity index (χ3v) is 4.57. The molecule has 0 bridgehead atoms. The van der Waals surface area contributed by atoms with Crippen molar-refractivity contribution in [3.05, 3.63) is 48.0 Å². The van der Waals surface area contributed by atoms with Crippen molar-refractivity contribution in [3.8, 4) is 0 Å². The standard InChI is InChI=1S/C20H27NO3/c1-2-3-5-11-17-12-8-13-19(18(17)14-22)21-20(23)24-15-16-9-6-4-7-10-16/h4,6-10,13-14,17-19H,2-3,5,11-12,15H2,1H3,(H,21,23)/t17-,18-,19-/m1/s1. The molecule has 1 aliphatic rings. The topological polar surface area (TPSA) is 55.4 Å². The molecule has 2 rings (SSSR count). The lowest BCUT2D eigenvalue weighted by atomic mass is 9.78. The van der Waals surface area contributed by atoms with Crippen LogP contribution in [0, 0.1) is 11.8 Å². The van der Waals surface area contributed by atoms with E-state index in [2.05, 4.69) is 18.3 Å². The van der Waals surface area contributed by atoms with E-state index < -0.39 is 6.09 Å². The molecule has 1 aromatic carbocycles. The van der Waals surface area contributed by atoms with Crippen molar-refractivity contribution in [1.29, 1.82) is 0 Å². The molecule has 1 amide bonds. The van der Waals surface area contributed by atoms with Gasteiger partial charge in [-0.25, -0.2) is 4.79 Å². The summed E-state index contributed by atoms with van der Waals surface area (Å²) in [6.45, 7) is 2.40. The maximum Gasteiger partial charge on any atom is 0.407 e. The number of amides is 1. The van der Waals surface area contributed by atoms with E-state index in [0.717, 1.165) is 31.1 Å². The quantitative estimate of drug-likeness (QED) is 0.440. The van der Waals surface area contributed by atoms with Gasteiger partial charge in [-0.15, -0.1) is 0 Å². The predicted octanol–water partition coefficient (Wildman–Crippen LogP) is 4.25. The van der Waals surface area contributed by atoms with Gasteiger partial charge in [0.25, 0.3) is 0 Å². The zero-order chi connectivity index (χ0) is 17.2. The SMILES string of the molecule is CCCCC[C@@H]1CC=C[C@@H](NC(=O)OCc2ccccc2)[C@@H]1C=O. The second kappa shape index (κ2) is 9.91. The lowest BCUT2D eigenvalue weighted by Crippen LogP contribution is -2.44. The number of nitrogens with one attached hydrogen (secondary N) is 1. The zero-order valence-corrected chi connectivity index (χ0v) is 14.3. The van der Waals surface area contributed by atoms with E-state index in [4.69, 9.17) is 4.74 Å². The van der Waals surface area contributed by atoms with Crippen molar-refractivity contribution in [3.63, 3.8) is 0 Å². The number of carbonyl (C=O) groups is 2. The first kappa shape index (κ1) is 18.2. The molecule has 0 radical (unpaired) electrons. The number of ether oxygens (including phenoxy) is 1. The van der Waals surface area contributed by atoms with Gasteiger partial charge in [-0.2, -0.15) is 0 Å². The van der Waals surface area contributed by atoms with Gasteiger partial charge in [0, 0.05) is 5.92 Å². The molecule has 4 heteroatoms. The molecule has 130 valence electrons. The summed E-state index contributed by atoms with van der Waals surface area (Å²) >= 11 is 0. The Hall–Kier alpha value is -2.10. The van der Waals surface area contributed by atoms with Crippen LogP contribution in [0.1, 0.15) is 44.6 Å². The predicted molar refractivity (Wildman–Crippen MR) is 94.5 cm³/mol. The fourth-order valence-electron chi connectivity index (χ4n) is 3.19. The molecule has 0 heterocycles. The Morgan fingerprint density at radius 2 is 2.08 bits per heavy atom. The average molecular weight is 329 g/mol. The van der Waals surface area contributed by atoms with Crippen molar-refractivity contribution in [2.24, 2.45) is 11.8 Å². The van der Waals surface area contributed by atoms with Crippen molar-refractivity contribution >= 4 is 12.4 Å². The molecule has 0 unspecified atom stereocenters. The van der Waals surface area contributed by atoms with Gasteiger partial charge in [0.15, 0.2) is 0 Å². The van der Waals surface area contributed by atoms with E-state index in [1.807, 2.05) is 36.4 Å². The fourth-order valence-corrected chi connectivity index (χ4v) is 3.19. The van der Waals surface area contributed by atoms with Crippen molar-refractivity contribution in [2.75, 3.05) is 0 Å². The van der Waals surface area contributed by atoms with Gasteiger partial charge in [0.2, 0.25) is 0 Å². The number of carbonyl (C=O) groups excluding carboxylic acids is 2. The summed E-state index contributed by atoms with van der Waals surface area (Å²) < 4.78 is 5.26. The van der Waals surface area contributed by atoms with Crippen molar-refractivity contribution < 1.29 is 14.3 Å². The highest BCUT2D eigenvalue weighted by Crippen LogP contribution is 2.29. The van der Waals surface area contributed by atoms with Crippen LogP contribution in [-0.2, 0) is 16.1 Å². The highest BCUT2D eigenvalue weighted by molar-refractivity contribution is 5.69. The number of aldehydes is 1. The minimum absolute atomic E-state index is 0.170. The molecule has 24 heavy (non-hydrogen) atoms. The first-order valence-corrected chi connectivity index (χ1v) is 8.83. The summed E-state index contributed by atoms with van der Waals surface area (Å²) in [5.74, 6) is 0.134. The highest BCUT2D eigenvalue weighted by Gasteiger charge is 2.31. The molecule has 4 nitrogen and oxygen atoms in total. The van der Waals surface area contributed by atoms with Crippen molar-refractivity contribution in [1.82, 2.24) is 5.32 Å². The van der Waals surface area contributed by atoms with Gasteiger partial charge < -0.3 is 14.8 Å². The van der Waals surface area contributed by atoms with Crippen LogP contribution in [0.2, 0.25) is 0 Å². The third-order valence-electron chi connectivity index (χ3n) is 4.57. The number of unbranched alkanes of at least 4 members (excludes halogenated alkanes) is 2. The Balaban J connectivity index is 1.85. The average Bonchev–Trinajstić information content (AvgIpc) is 2.61. The second-order valence-corrected chi connectivity index (χ2v) is 6.37. The molecule has 1 aliphatic carbocycles. The highest BCUT2D eigenvalue weighted by atomic mass is 16.5. The lowest BCUT2D eigenvalue weighted by molar-refractivity contribution is -0.113. The lowest BCUT2D eigenvalue weighted by Gasteiger charge is -2.31. The van der Waals surface area contributed by atoms with E-state index >= 15 is 0 Å². The summed E-state index contributed by atoms with van der Waals surface area (Å²) in [7, 11) is 0. The summed E-state index contributed by atoms with van der Waals surface area (Å²) in [5, 5.41) is 2.83. The molecule has 3 atom stereocenters. The summed E-state index contributed by atoms with van der Waals surface area (Å²) in [6, 6.07) is 9.28. The molecule has 0 aromatic heterocycles. The Bertz CT molecular complexity index is 541. The van der Waals surface area contributed by atoms with Crippen LogP contribution in [-0.4, -0.2) is 18.4 Å². The molecule has 0 saturated carbocycles. The minimum atomic E-state index is -0.477. The van der Waals surface area contributed by atoms with Crippen molar-refractivity contribution in [2.45, 2.75) is 51.7 Å². The van der Waals surface area contributed by atoms with Gasteiger partial charge in [-0.1, -0.05) is 68.7 Å². The Labute approximate surface area is 144 Å². The number of alkyl carbamates (subject to hydrolysis) is 1. The Morgan fingerprint density at radius 1 is 1.29 bits per heavy atom. The molecule has 0 aliphatic heterocycles. The molecule has 0 fully saturated rings. The monoisotopic (exact) mass is 329 g/mol. The van der Waals surface area contributed by atoms with Crippen LogP contribution >= 0.6 is 0 Å². The molecular formula is C20H27NO3. The van der Waals surface area contributed by atoms with Gasteiger partial charge in [-0.05, 0) is 24.3 Å². The fraction of sp³-hybridized carbons (Fsp3) is 0.500. The molecular weight excluding hydrogens is 302 g/mol. The molecule has 0 spiro atoms. The third kappa shape index (κ3) is 5.52. The van der Waals surface area contributed by atoms with Gasteiger partial charge in [0.05, 0.1) is 6.04 Å². The first-order chi connectivity index (χ1) is 11.7. The zero-order valence-electron chi connectivity index (χ0n) is 14.3. The van der Waals surface area contributed by atoms with E-state index in [1.165, 1.54) is 12.8 Å². The number of allylic oxidation sites excluding steroid dienone is 1. The summed E-state index contributed by atoms with van der Waals surface area (Å²) in [5.41, 5.74) is 0.941. The van der Waals surface area contributed by atoms with Crippen LogP contribution in [0.25, 0.3) is 0 Å². The summed E-state index contributed by atoms with van der Waals surface area (Å²) in [4.78, 5) is 23.6. The van der Waals surface area contributed by atoms with Gasteiger partial charge in [-0.3, -0.25) is 0 Å². The van der Waals surface area contributed by atoms with Gasteiger partial charge >= 0.3 is 6.09 Å². The Kier molecular flexibility index (Phi) is 7.53. The van der Waals surface area contributed by atoms with Crippen LogP contribution < -0.4 is 5.32 Å². The number of hydrogen-bond acceptors (Lipinski definition) is 3. The maximum atomic E-state index is 12.0.